The average molecular weight is 254 g/mol. The predicted octanol–water partition coefficient (Wildman–Crippen LogP) is 1.18. The lowest BCUT2D eigenvalue weighted by molar-refractivity contribution is -0.125. The molecule has 1 saturated heterocycles. The lowest BCUT2D eigenvalue weighted by Gasteiger charge is -2.32. The van der Waals surface area contributed by atoms with E-state index in [1.807, 2.05) is 0 Å². The van der Waals surface area contributed by atoms with Crippen molar-refractivity contribution < 1.29 is 9.90 Å². The second-order valence-corrected chi connectivity index (χ2v) is 5.82. The Kier molecular flexibility index (Phi) is 5.01. The second kappa shape index (κ2) is 6.53. The first-order chi connectivity index (χ1) is 8.69. The Balaban J connectivity index is 1.77. The molecule has 1 heterocycles. The van der Waals surface area contributed by atoms with Crippen LogP contribution in [-0.4, -0.2) is 35.7 Å². The van der Waals surface area contributed by atoms with E-state index in [-0.39, 0.29) is 24.1 Å². The summed E-state index contributed by atoms with van der Waals surface area (Å²) in [6, 6.07) is 0.264. The molecule has 3 N–H and O–H groups in total. The molecule has 0 spiro atoms. The summed E-state index contributed by atoms with van der Waals surface area (Å²) in [4.78, 5) is 12.2. The molecular formula is C14H26N2O2. The van der Waals surface area contributed by atoms with Crippen molar-refractivity contribution in [3.8, 4) is 0 Å². The number of carbonyl (C=O) groups is 1. The molecule has 1 amide bonds. The van der Waals surface area contributed by atoms with Gasteiger partial charge in [-0.1, -0.05) is 13.3 Å². The molecule has 2 atom stereocenters. The Labute approximate surface area is 110 Å². The highest BCUT2D eigenvalue weighted by Crippen LogP contribution is 2.21. The Bertz CT molecular complexity index is 275. The molecule has 0 aromatic carbocycles. The van der Waals surface area contributed by atoms with E-state index in [1.165, 1.54) is 12.8 Å². The lowest BCUT2D eigenvalue weighted by Crippen LogP contribution is -2.51. The zero-order valence-corrected chi connectivity index (χ0v) is 11.3. The first kappa shape index (κ1) is 13.8. The van der Waals surface area contributed by atoms with Crippen molar-refractivity contribution in [1.82, 2.24) is 10.6 Å². The summed E-state index contributed by atoms with van der Waals surface area (Å²) in [6.45, 7) is 3.16. The maximum absolute atomic E-state index is 12.2. The molecule has 1 saturated carbocycles. The fourth-order valence-electron chi connectivity index (χ4n) is 3.09. The van der Waals surface area contributed by atoms with Gasteiger partial charge in [-0.3, -0.25) is 4.79 Å². The van der Waals surface area contributed by atoms with E-state index in [9.17, 15) is 9.90 Å². The van der Waals surface area contributed by atoms with E-state index in [2.05, 4.69) is 17.6 Å². The van der Waals surface area contributed by atoms with Gasteiger partial charge in [0.05, 0.1) is 12.1 Å². The summed E-state index contributed by atoms with van der Waals surface area (Å²) in [6.07, 6.45) is 6.64. The fourth-order valence-corrected chi connectivity index (χ4v) is 3.09. The van der Waals surface area contributed by atoms with Crippen LogP contribution in [0.4, 0.5) is 0 Å². The maximum Gasteiger partial charge on any atom is 0.237 e. The molecule has 4 nitrogen and oxygen atoms in total. The molecule has 0 bridgehead atoms. The smallest absolute Gasteiger partial charge is 0.237 e. The number of amides is 1. The van der Waals surface area contributed by atoms with Crippen LogP contribution < -0.4 is 10.6 Å². The van der Waals surface area contributed by atoms with Crippen molar-refractivity contribution in [2.75, 3.05) is 6.54 Å². The third-order valence-corrected chi connectivity index (χ3v) is 4.45. The third-order valence-electron chi connectivity index (χ3n) is 4.45. The number of rotatable bonds is 3. The first-order valence-corrected chi connectivity index (χ1v) is 7.40. The molecule has 1 aliphatic heterocycles. The van der Waals surface area contributed by atoms with Crippen molar-refractivity contribution >= 4 is 5.91 Å². The van der Waals surface area contributed by atoms with Crippen LogP contribution in [0, 0.1) is 5.92 Å². The molecule has 104 valence electrons. The minimum absolute atomic E-state index is 0.00412. The van der Waals surface area contributed by atoms with Gasteiger partial charge in [0.2, 0.25) is 5.91 Å². The second-order valence-electron chi connectivity index (χ2n) is 5.82. The predicted molar refractivity (Wildman–Crippen MR) is 71.2 cm³/mol. The van der Waals surface area contributed by atoms with Gasteiger partial charge in [0.15, 0.2) is 0 Å². The highest BCUT2D eigenvalue weighted by molar-refractivity contribution is 5.82. The van der Waals surface area contributed by atoms with E-state index < -0.39 is 0 Å². The molecule has 0 radical (unpaired) electrons. The minimum Gasteiger partial charge on any atom is -0.393 e. The Hall–Kier alpha value is -0.610. The Morgan fingerprint density at radius 1 is 1.28 bits per heavy atom. The quantitative estimate of drug-likeness (QED) is 0.709. The standard InChI is InChI=1S/C14H26N2O2/c1-2-10-7-8-15-13(9-10)14(18)16-11-3-5-12(17)6-4-11/h10-13,15,17H,2-9H2,1H3,(H,16,18). The van der Waals surface area contributed by atoms with Crippen LogP contribution in [0.1, 0.15) is 51.9 Å². The molecule has 18 heavy (non-hydrogen) atoms. The largest absolute Gasteiger partial charge is 0.393 e. The van der Waals surface area contributed by atoms with Crippen LogP contribution >= 0.6 is 0 Å². The number of piperidine rings is 1. The van der Waals surface area contributed by atoms with Gasteiger partial charge in [0, 0.05) is 6.04 Å². The SMILES string of the molecule is CCC1CCNC(C(=O)NC2CCC(O)CC2)C1. The monoisotopic (exact) mass is 254 g/mol. The van der Waals surface area contributed by atoms with Gasteiger partial charge >= 0.3 is 0 Å². The minimum atomic E-state index is -0.157. The average Bonchev–Trinajstić information content (AvgIpc) is 2.41. The van der Waals surface area contributed by atoms with E-state index >= 15 is 0 Å². The van der Waals surface area contributed by atoms with Crippen LogP contribution in [-0.2, 0) is 4.79 Å². The summed E-state index contributed by atoms with van der Waals surface area (Å²) >= 11 is 0. The van der Waals surface area contributed by atoms with Crippen LogP contribution in [0.15, 0.2) is 0 Å². The summed E-state index contributed by atoms with van der Waals surface area (Å²) in [5.74, 6) is 0.852. The van der Waals surface area contributed by atoms with Crippen LogP contribution in [0.25, 0.3) is 0 Å². The van der Waals surface area contributed by atoms with Gasteiger partial charge in [-0.05, 0) is 51.0 Å². The van der Waals surface area contributed by atoms with Crippen molar-refractivity contribution in [2.45, 2.75) is 70.1 Å². The zero-order chi connectivity index (χ0) is 13.0. The molecule has 2 rings (SSSR count). The van der Waals surface area contributed by atoms with Crippen LogP contribution in [0.2, 0.25) is 0 Å². The van der Waals surface area contributed by atoms with Gasteiger partial charge in [-0.2, -0.15) is 0 Å². The Morgan fingerprint density at radius 3 is 2.67 bits per heavy atom. The van der Waals surface area contributed by atoms with Crippen molar-refractivity contribution in [3.63, 3.8) is 0 Å². The number of aliphatic hydroxyl groups is 1. The summed E-state index contributed by atoms with van der Waals surface area (Å²) in [5, 5.41) is 15.9. The molecule has 0 aromatic heterocycles. The lowest BCUT2D eigenvalue weighted by atomic mass is 9.89. The van der Waals surface area contributed by atoms with Crippen molar-refractivity contribution in [1.29, 1.82) is 0 Å². The van der Waals surface area contributed by atoms with Crippen LogP contribution in [0.5, 0.6) is 0 Å². The van der Waals surface area contributed by atoms with Crippen LogP contribution in [0.3, 0.4) is 0 Å². The van der Waals surface area contributed by atoms with Gasteiger partial charge in [0.25, 0.3) is 0 Å². The van der Waals surface area contributed by atoms with Gasteiger partial charge < -0.3 is 15.7 Å². The van der Waals surface area contributed by atoms with E-state index in [1.54, 1.807) is 0 Å². The number of hydrogen-bond acceptors (Lipinski definition) is 3. The normalized spacial score (nSPS) is 37.2. The highest BCUT2D eigenvalue weighted by atomic mass is 16.3. The van der Waals surface area contributed by atoms with Gasteiger partial charge in [-0.25, -0.2) is 0 Å². The molecule has 4 heteroatoms. The topological polar surface area (TPSA) is 61.4 Å². The van der Waals surface area contributed by atoms with Gasteiger partial charge in [0.1, 0.15) is 0 Å². The number of nitrogens with one attached hydrogen (secondary N) is 2. The molecule has 2 aliphatic rings. The highest BCUT2D eigenvalue weighted by Gasteiger charge is 2.28. The molecule has 1 aliphatic carbocycles. The van der Waals surface area contributed by atoms with E-state index in [4.69, 9.17) is 0 Å². The third kappa shape index (κ3) is 3.69. The van der Waals surface area contributed by atoms with Gasteiger partial charge in [-0.15, -0.1) is 0 Å². The number of aliphatic hydroxyl groups excluding tert-OH is 1. The van der Waals surface area contributed by atoms with Crippen molar-refractivity contribution in [2.24, 2.45) is 5.92 Å². The molecule has 2 fully saturated rings. The summed E-state index contributed by atoms with van der Waals surface area (Å²) in [7, 11) is 0. The summed E-state index contributed by atoms with van der Waals surface area (Å²) in [5.41, 5.74) is 0. The molecule has 0 aromatic rings. The fraction of sp³-hybridized carbons (Fsp3) is 0.929. The molecule has 2 unspecified atom stereocenters. The summed E-state index contributed by atoms with van der Waals surface area (Å²) < 4.78 is 0. The number of carbonyl (C=O) groups excluding carboxylic acids is 1. The van der Waals surface area contributed by atoms with E-state index in [0.717, 1.165) is 38.6 Å². The maximum atomic E-state index is 12.2. The Morgan fingerprint density at radius 2 is 2.00 bits per heavy atom. The van der Waals surface area contributed by atoms with Crippen molar-refractivity contribution in [3.05, 3.63) is 0 Å². The van der Waals surface area contributed by atoms with E-state index in [0.29, 0.717) is 5.92 Å². The first-order valence-electron chi connectivity index (χ1n) is 7.40. The molecular weight excluding hydrogens is 228 g/mol. The number of hydrogen-bond donors (Lipinski definition) is 3. The zero-order valence-electron chi connectivity index (χ0n) is 11.3.